The number of carbonyl (C=O) groups excluding carboxylic acids is 1. The first-order valence-electron chi connectivity index (χ1n) is 4.81. The van der Waals surface area contributed by atoms with Crippen molar-refractivity contribution in [3.8, 4) is 0 Å². The van der Waals surface area contributed by atoms with Gasteiger partial charge >= 0.3 is 0 Å². The van der Waals surface area contributed by atoms with Gasteiger partial charge in [-0.2, -0.15) is 0 Å². The number of ether oxygens (including phenoxy) is 1. The lowest BCUT2D eigenvalue weighted by Crippen LogP contribution is -2.36. The lowest BCUT2D eigenvalue weighted by molar-refractivity contribution is 0.0985. The van der Waals surface area contributed by atoms with Crippen LogP contribution in [0.3, 0.4) is 0 Å². The monoisotopic (exact) mass is 229 g/mol. The third-order valence-corrected chi connectivity index (χ3v) is 2.58. The van der Waals surface area contributed by atoms with Crippen molar-refractivity contribution < 1.29 is 13.9 Å². The number of anilines is 1. The second kappa shape index (κ2) is 4.24. The summed E-state index contributed by atoms with van der Waals surface area (Å²) in [7, 11) is 0. The largest absolute Gasteiger partial charge is 0.436 e. The highest BCUT2D eigenvalue weighted by atomic mass is 35.5. The van der Waals surface area contributed by atoms with Crippen LogP contribution >= 0.6 is 11.6 Å². The van der Waals surface area contributed by atoms with Gasteiger partial charge in [-0.15, -0.1) is 0 Å². The molecule has 0 amide bonds. The van der Waals surface area contributed by atoms with Crippen molar-refractivity contribution >= 4 is 23.3 Å². The molecule has 0 bridgehead atoms. The molecule has 1 fully saturated rings. The average Bonchev–Trinajstić information content (AvgIpc) is 2.62. The molecular weight excluding hydrogens is 218 g/mol. The van der Waals surface area contributed by atoms with Crippen LogP contribution in [0.1, 0.15) is 17.5 Å². The number of ketones is 1. The number of halogens is 1. The van der Waals surface area contributed by atoms with E-state index in [1.807, 2.05) is 4.90 Å². The highest BCUT2D eigenvalue weighted by molar-refractivity contribution is 6.33. The Morgan fingerprint density at radius 3 is 2.67 bits per heavy atom. The minimum Gasteiger partial charge on any atom is -0.436 e. The van der Waals surface area contributed by atoms with E-state index >= 15 is 0 Å². The Kier molecular flexibility index (Phi) is 2.98. The Morgan fingerprint density at radius 2 is 2.13 bits per heavy atom. The maximum absolute atomic E-state index is 11.1. The van der Waals surface area contributed by atoms with E-state index in [1.165, 1.54) is 6.92 Å². The molecule has 0 atom stereocenters. The fraction of sp³-hybridized carbons (Fsp3) is 0.500. The number of hydrogen-bond acceptors (Lipinski definition) is 4. The smallest absolute Gasteiger partial charge is 0.215 e. The number of furan rings is 1. The van der Waals surface area contributed by atoms with Crippen LogP contribution in [0.2, 0.25) is 5.02 Å². The van der Waals surface area contributed by atoms with Gasteiger partial charge in [-0.1, -0.05) is 11.6 Å². The lowest BCUT2D eigenvalue weighted by atomic mass is 10.3. The first kappa shape index (κ1) is 10.5. The van der Waals surface area contributed by atoms with Crippen molar-refractivity contribution in [1.82, 2.24) is 0 Å². The van der Waals surface area contributed by atoms with Crippen LogP contribution in [0, 0.1) is 0 Å². The van der Waals surface area contributed by atoms with Gasteiger partial charge in [0.2, 0.25) is 5.88 Å². The van der Waals surface area contributed by atoms with Crippen molar-refractivity contribution in [2.75, 3.05) is 31.2 Å². The van der Waals surface area contributed by atoms with Gasteiger partial charge in [0.05, 0.1) is 13.2 Å². The van der Waals surface area contributed by atoms with Crippen LogP contribution in [0.25, 0.3) is 0 Å². The summed E-state index contributed by atoms with van der Waals surface area (Å²) in [5.74, 6) is 0.767. The second-order valence-electron chi connectivity index (χ2n) is 3.42. The molecule has 1 aliphatic rings. The highest BCUT2D eigenvalue weighted by Gasteiger charge is 2.20. The summed E-state index contributed by atoms with van der Waals surface area (Å²) in [4.78, 5) is 13.1. The van der Waals surface area contributed by atoms with Crippen molar-refractivity contribution in [2.45, 2.75) is 6.92 Å². The number of Topliss-reactive ketones (excluding diaryl/α,β-unsaturated/α-hetero) is 1. The molecule has 0 N–H and O–H groups in total. The minimum absolute atomic E-state index is 0.114. The van der Waals surface area contributed by atoms with E-state index in [9.17, 15) is 4.79 Å². The van der Waals surface area contributed by atoms with Crippen LogP contribution in [-0.2, 0) is 4.74 Å². The Bertz CT molecular complexity index is 369. The summed E-state index contributed by atoms with van der Waals surface area (Å²) in [6, 6.07) is 1.56. The fourth-order valence-electron chi connectivity index (χ4n) is 1.51. The molecule has 15 heavy (non-hydrogen) atoms. The molecule has 1 aromatic rings. The number of rotatable bonds is 2. The molecule has 0 saturated carbocycles. The number of hydrogen-bond donors (Lipinski definition) is 0. The predicted octanol–water partition coefficient (Wildman–Crippen LogP) is 1.97. The van der Waals surface area contributed by atoms with Gasteiger partial charge in [0.25, 0.3) is 0 Å². The Labute approximate surface area is 92.7 Å². The van der Waals surface area contributed by atoms with Crippen molar-refractivity contribution in [3.63, 3.8) is 0 Å². The molecule has 1 aliphatic heterocycles. The van der Waals surface area contributed by atoms with Crippen LogP contribution in [-0.4, -0.2) is 32.1 Å². The first-order chi connectivity index (χ1) is 7.18. The average molecular weight is 230 g/mol. The summed E-state index contributed by atoms with van der Waals surface area (Å²) in [5.41, 5.74) is 0. The number of morpholine rings is 1. The van der Waals surface area contributed by atoms with E-state index in [4.69, 9.17) is 20.8 Å². The van der Waals surface area contributed by atoms with Crippen molar-refractivity contribution in [2.24, 2.45) is 0 Å². The zero-order valence-corrected chi connectivity index (χ0v) is 9.21. The Morgan fingerprint density at radius 1 is 1.47 bits per heavy atom. The molecule has 0 unspecified atom stereocenters. The van der Waals surface area contributed by atoms with E-state index in [1.54, 1.807) is 6.07 Å². The summed E-state index contributed by atoms with van der Waals surface area (Å²) < 4.78 is 10.6. The highest BCUT2D eigenvalue weighted by Crippen LogP contribution is 2.30. The van der Waals surface area contributed by atoms with E-state index in [0.717, 1.165) is 13.1 Å². The molecule has 0 radical (unpaired) electrons. The van der Waals surface area contributed by atoms with Gasteiger partial charge in [0, 0.05) is 26.1 Å². The minimum atomic E-state index is -0.114. The van der Waals surface area contributed by atoms with Gasteiger partial charge in [0.1, 0.15) is 5.02 Å². The van der Waals surface area contributed by atoms with Crippen molar-refractivity contribution in [1.29, 1.82) is 0 Å². The normalized spacial score (nSPS) is 16.8. The topological polar surface area (TPSA) is 42.7 Å². The Balaban J connectivity index is 2.22. The maximum atomic E-state index is 11.1. The van der Waals surface area contributed by atoms with E-state index in [2.05, 4.69) is 0 Å². The number of nitrogens with zero attached hydrogens (tertiary/aromatic N) is 1. The molecule has 2 rings (SSSR count). The van der Waals surface area contributed by atoms with Crippen molar-refractivity contribution in [3.05, 3.63) is 16.8 Å². The molecule has 82 valence electrons. The van der Waals surface area contributed by atoms with Gasteiger partial charge in [0.15, 0.2) is 11.5 Å². The summed E-state index contributed by atoms with van der Waals surface area (Å²) >= 11 is 5.99. The summed E-state index contributed by atoms with van der Waals surface area (Å²) in [6.07, 6.45) is 0. The summed E-state index contributed by atoms with van der Waals surface area (Å²) in [6.45, 7) is 4.26. The maximum Gasteiger partial charge on any atom is 0.215 e. The molecule has 1 saturated heterocycles. The third kappa shape index (κ3) is 2.16. The zero-order valence-electron chi connectivity index (χ0n) is 8.46. The van der Waals surface area contributed by atoms with Gasteiger partial charge in [-0.05, 0) is 0 Å². The molecule has 2 heterocycles. The van der Waals surface area contributed by atoms with E-state index < -0.39 is 0 Å². The van der Waals surface area contributed by atoms with Crippen LogP contribution in [0.5, 0.6) is 0 Å². The van der Waals surface area contributed by atoms with Gasteiger partial charge in [-0.25, -0.2) is 0 Å². The standard InChI is InChI=1S/C10H12ClNO3/c1-7(13)9-6-8(11)10(15-9)12-2-4-14-5-3-12/h6H,2-5H2,1H3. The van der Waals surface area contributed by atoms with E-state index in [0.29, 0.717) is 29.9 Å². The molecular formula is C10H12ClNO3. The Hall–Kier alpha value is -1.00. The molecule has 0 spiro atoms. The zero-order chi connectivity index (χ0) is 10.8. The SMILES string of the molecule is CC(=O)c1cc(Cl)c(N2CCOCC2)o1. The van der Waals surface area contributed by atoms with Crippen LogP contribution in [0.15, 0.2) is 10.5 Å². The fourth-order valence-corrected chi connectivity index (χ4v) is 1.77. The predicted molar refractivity (Wildman–Crippen MR) is 56.8 cm³/mol. The molecule has 4 nitrogen and oxygen atoms in total. The quantitative estimate of drug-likeness (QED) is 0.728. The van der Waals surface area contributed by atoms with Crippen LogP contribution in [0.4, 0.5) is 5.88 Å². The summed E-state index contributed by atoms with van der Waals surface area (Å²) in [5, 5.41) is 0.488. The molecule has 0 aromatic carbocycles. The molecule has 5 heteroatoms. The van der Waals surface area contributed by atoms with E-state index in [-0.39, 0.29) is 5.78 Å². The second-order valence-corrected chi connectivity index (χ2v) is 3.83. The van der Waals surface area contributed by atoms with Gasteiger partial charge < -0.3 is 14.1 Å². The first-order valence-corrected chi connectivity index (χ1v) is 5.19. The number of carbonyl (C=O) groups is 1. The third-order valence-electron chi connectivity index (χ3n) is 2.31. The molecule has 0 aliphatic carbocycles. The van der Waals surface area contributed by atoms with Gasteiger partial charge in [-0.3, -0.25) is 4.79 Å². The lowest BCUT2D eigenvalue weighted by Gasteiger charge is -2.26. The van der Waals surface area contributed by atoms with Crippen LogP contribution < -0.4 is 4.90 Å². The molecule has 1 aromatic heterocycles.